The number of nitrogens with zero attached hydrogens (tertiary/aromatic N) is 2. The number of urea groups is 1. The Kier molecular flexibility index (Phi) is 6.92. The van der Waals surface area contributed by atoms with Gasteiger partial charge < -0.3 is 15.4 Å². The van der Waals surface area contributed by atoms with Crippen LogP contribution in [0, 0.1) is 11.6 Å². The topological polar surface area (TPSA) is 108 Å². The van der Waals surface area contributed by atoms with Crippen LogP contribution in [0.25, 0.3) is 0 Å². The first-order chi connectivity index (χ1) is 14.6. The molecule has 2 heterocycles. The molecule has 0 spiro atoms. The van der Waals surface area contributed by atoms with Gasteiger partial charge in [0.25, 0.3) is 0 Å². The highest BCUT2D eigenvalue weighted by Crippen LogP contribution is 2.21. The van der Waals surface area contributed by atoms with Crippen molar-refractivity contribution in [1.82, 2.24) is 19.8 Å². The average Bonchev–Trinajstić information content (AvgIpc) is 2.70. The number of hydrogen-bond acceptors (Lipinski definition) is 6. The molecule has 1 atom stereocenters. The maximum Gasteiger partial charge on any atom is 0.337 e. The van der Waals surface area contributed by atoms with Crippen LogP contribution in [-0.2, 0) is 19.6 Å². The third kappa shape index (κ3) is 5.02. The standard InChI is InChI=1S/C19H24F2N4O5S/c1-3-30-18(26)17-12(2)22-19(27)23-16(17)11-24-6-8-25(9-7-24)31(28,29)13-4-5-14(20)15(21)10-13/h4-5,10,12H,3,6-9,11H2,1-2H3,(H2,22,23,27)/t12-/m0/s1. The van der Waals surface area contributed by atoms with E-state index in [2.05, 4.69) is 10.6 Å². The van der Waals surface area contributed by atoms with Gasteiger partial charge in [-0.15, -0.1) is 0 Å². The molecule has 2 amide bonds. The zero-order valence-corrected chi connectivity index (χ0v) is 18.0. The van der Waals surface area contributed by atoms with Crippen LogP contribution < -0.4 is 10.6 Å². The number of rotatable bonds is 6. The number of carbonyl (C=O) groups excluding carboxylic acids is 2. The van der Waals surface area contributed by atoms with Crippen molar-refractivity contribution in [3.8, 4) is 0 Å². The summed E-state index contributed by atoms with van der Waals surface area (Å²) in [6.07, 6.45) is 0. The molecule has 1 aromatic rings. The zero-order chi connectivity index (χ0) is 22.8. The van der Waals surface area contributed by atoms with Crippen molar-refractivity contribution in [2.75, 3.05) is 39.3 Å². The maximum absolute atomic E-state index is 13.5. The van der Waals surface area contributed by atoms with Gasteiger partial charge in [-0.2, -0.15) is 4.31 Å². The quantitative estimate of drug-likeness (QED) is 0.611. The Hall–Kier alpha value is -2.57. The van der Waals surface area contributed by atoms with E-state index in [9.17, 15) is 26.8 Å². The van der Waals surface area contributed by atoms with Crippen molar-refractivity contribution in [3.63, 3.8) is 0 Å². The Balaban J connectivity index is 1.71. The van der Waals surface area contributed by atoms with Crippen molar-refractivity contribution < 1.29 is 31.5 Å². The highest BCUT2D eigenvalue weighted by molar-refractivity contribution is 7.89. The second-order valence-corrected chi connectivity index (χ2v) is 9.13. The summed E-state index contributed by atoms with van der Waals surface area (Å²) in [6, 6.07) is 1.51. The van der Waals surface area contributed by atoms with Crippen molar-refractivity contribution in [2.24, 2.45) is 0 Å². The van der Waals surface area contributed by atoms with E-state index >= 15 is 0 Å². The SMILES string of the molecule is CCOC(=O)C1=C(CN2CCN(S(=O)(=O)c3ccc(F)c(F)c3)CC2)NC(=O)N[C@H]1C. The Morgan fingerprint density at radius 2 is 1.87 bits per heavy atom. The predicted molar refractivity (Wildman–Crippen MR) is 106 cm³/mol. The molecule has 1 saturated heterocycles. The molecule has 0 aromatic heterocycles. The summed E-state index contributed by atoms with van der Waals surface area (Å²) in [5.41, 5.74) is 0.727. The van der Waals surface area contributed by atoms with E-state index in [1.54, 1.807) is 13.8 Å². The van der Waals surface area contributed by atoms with E-state index in [4.69, 9.17) is 4.74 Å². The predicted octanol–water partition coefficient (Wildman–Crippen LogP) is 0.790. The number of esters is 1. The number of nitrogens with one attached hydrogen (secondary N) is 2. The van der Waals surface area contributed by atoms with Gasteiger partial charge in [-0.1, -0.05) is 0 Å². The van der Waals surface area contributed by atoms with Crippen LogP contribution in [0.3, 0.4) is 0 Å². The molecule has 0 bridgehead atoms. The molecule has 9 nitrogen and oxygen atoms in total. The summed E-state index contributed by atoms with van der Waals surface area (Å²) >= 11 is 0. The number of sulfonamides is 1. The Morgan fingerprint density at radius 3 is 2.48 bits per heavy atom. The van der Waals surface area contributed by atoms with Crippen molar-refractivity contribution in [1.29, 1.82) is 0 Å². The van der Waals surface area contributed by atoms with Crippen LogP contribution in [0.1, 0.15) is 13.8 Å². The molecule has 2 aliphatic heterocycles. The van der Waals surface area contributed by atoms with Crippen LogP contribution >= 0.6 is 0 Å². The lowest BCUT2D eigenvalue weighted by molar-refractivity contribution is -0.139. The molecule has 1 fully saturated rings. The van der Waals surface area contributed by atoms with Crippen molar-refractivity contribution >= 4 is 22.0 Å². The van der Waals surface area contributed by atoms with Crippen LogP contribution in [-0.4, -0.2) is 75.0 Å². The van der Waals surface area contributed by atoms with Crippen LogP contribution in [0.15, 0.2) is 34.4 Å². The Bertz CT molecular complexity index is 1010. The second kappa shape index (κ2) is 9.28. The van der Waals surface area contributed by atoms with Crippen LogP contribution in [0.4, 0.5) is 13.6 Å². The molecular weight excluding hydrogens is 434 g/mol. The molecule has 0 aliphatic carbocycles. The van der Waals surface area contributed by atoms with E-state index in [1.165, 1.54) is 4.31 Å². The molecule has 2 N–H and O–H groups in total. The highest BCUT2D eigenvalue weighted by atomic mass is 32.2. The van der Waals surface area contributed by atoms with Gasteiger partial charge in [-0.3, -0.25) is 4.90 Å². The molecule has 170 valence electrons. The normalized spacial score (nSPS) is 20.9. The lowest BCUT2D eigenvalue weighted by Crippen LogP contribution is -2.54. The van der Waals surface area contributed by atoms with E-state index in [0.717, 1.165) is 12.1 Å². The number of ether oxygens (including phenoxy) is 1. The third-order valence-electron chi connectivity index (χ3n) is 5.11. The number of benzene rings is 1. The summed E-state index contributed by atoms with van der Waals surface area (Å²) < 4.78 is 58.3. The maximum atomic E-state index is 13.5. The number of halogens is 2. The highest BCUT2D eigenvalue weighted by Gasteiger charge is 2.33. The molecule has 3 rings (SSSR count). The molecule has 31 heavy (non-hydrogen) atoms. The monoisotopic (exact) mass is 458 g/mol. The summed E-state index contributed by atoms with van der Waals surface area (Å²) in [6.45, 7) is 4.65. The number of piperazine rings is 1. The fourth-order valence-electron chi connectivity index (χ4n) is 3.54. The van der Waals surface area contributed by atoms with Gasteiger partial charge in [0.2, 0.25) is 10.0 Å². The van der Waals surface area contributed by atoms with Gasteiger partial charge in [0.15, 0.2) is 11.6 Å². The van der Waals surface area contributed by atoms with Crippen LogP contribution in [0.5, 0.6) is 0 Å². The molecule has 1 aromatic carbocycles. The van der Waals surface area contributed by atoms with Gasteiger partial charge in [0.05, 0.1) is 23.1 Å². The van der Waals surface area contributed by atoms with E-state index in [0.29, 0.717) is 30.4 Å². The second-order valence-electron chi connectivity index (χ2n) is 7.19. The van der Waals surface area contributed by atoms with Gasteiger partial charge in [-0.25, -0.2) is 26.8 Å². The minimum atomic E-state index is -3.97. The fraction of sp³-hybridized carbons (Fsp3) is 0.474. The summed E-state index contributed by atoms with van der Waals surface area (Å²) in [5, 5.41) is 5.26. The summed E-state index contributed by atoms with van der Waals surface area (Å²) in [4.78, 5) is 25.8. The molecule has 2 aliphatic rings. The Morgan fingerprint density at radius 1 is 1.19 bits per heavy atom. The molecule has 0 saturated carbocycles. The lowest BCUT2D eigenvalue weighted by atomic mass is 10.0. The zero-order valence-electron chi connectivity index (χ0n) is 17.2. The van der Waals surface area contributed by atoms with Crippen LogP contribution in [0.2, 0.25) is 0 Å². The van der Waals surface area contributed by atoms with Gasteiger partial charge in [0.1, 0.15) is 0 Å². The summed E-state index contributed by atoms with van der Waals surface area (Å²) in [7, 11) is -3.97. The van der Waals surface area contributed by atoms with Crippen molar-refractivity contribution in [3.05, 3.63) is 41.1 Å². The smallest absolute Gasteiger partial charge is 0.337 e. The minimum absolute atomic E-state index is 0.116. The van der Waals surface area contributed by atoms with E-state index in [-0.39, 0.29) is 31.1 Å². The molecule has 12 heteroatoms. The lowest BCUT2D eigenvalue weighted by Gasteiger charge is -2.36. The van der Waals surface area contributed by atoms with E-state index in [1.807, 2.05) is 4.90 Å². The largest absolute Gasteiger partial charge is 0.463 e. The fourth-order valence-corrected chi connectivity index (χ4v) is 4.98. The molecular formula is C19H24F2N4O5S. The van der Waals surface area contributed by atoms with Gasteiger partial charge in [-0.05, 0) is 32.0 Å². The first-order valence-electron chi connectivity index (χ1n) is 9.78. The third-order valence-corrected chi connectivity index (χ3v) is 7.00. The molecule has 0 unspecified atom stereocenters. The summed E-state index contributed by atoms with van der Waals surface area (Å²) in [5.74, 6) is -2.88. The van der Waals surface area contributed by atoms with Gasteiger partial charge in [0, 0.05) is 38.4 Å². The number of hydrogen-bond donors (Lipinski definition) is 2. The number of carbonyl (C=O) groups is 2. The van der Waals surface area contributed by atoms with Gasteiger partial charge >= 0.3 is 12.0 Å². The average molecular weight is 458 g/mol. The first kappa shape index (κ1) is 23.1. The number of amides is 2. The Labute approximate surface area is 179 Å². The first-order valence-corrected chi connectivity index (χ1v) is 11.2. The minimum Gasteiger partial charge on any atom is -0.463 e. The molecule has 0 radical (unpaired) electrons. The van der Waals surface area contributed by atoms with E-state index < -0.39 is 39.7 Å². The van der Waals surface area contributed by atoms with Crippen molar-refractivity contribution in [2.45, 2.75) is 24.8 Å².